The van der Waals surface area contributed by atoms with Crippen LogP contribution in [-0.4, -0.2) is 25.1 Å². The number of amides is 1. The van der Waals surface area contributed by atoms with Gasteiger partial charge in [-0.15, -0.1) is 0 Å². The van der Waals surface area contributed by atoms with E-state index < -0.39 is 0 Å². The van der Waals surface area contributed by atoms with Crippen LogP contribution in [0.2, 0.25) is 0 Å². The maximum Gasteiger partial charge on any atom is 0.306 e. The first kappa shape index (κ1) is 23.5. The zero-order valence-electron chi connectivity index (χ0n) is 17.9. The molecule has 0 aliphatic rings. The molecule has 0 aliphatic heterocycles. The monoisotopic (exact) mass is 411 g/mol. The number of hydrogen-bond acceptors (Lipinski definition) is 4. The summed E-state index contributed by atoms with van der Waals surface area (Å²) in [6.45, 7) is 3.26. The Balaban J connectivity index is 1.56. The lowest BCUT2D eigenvalue weighted by molar-refractivity contribution is -0.144. The Hall–Kier alpha value is -2.82. The average Bonchev–Trinajstić information content (AvgIpc) is 2.77. The van der Waals surface area contributed by atoms with Crippen molar-refractivity contribution in [1.29, 1.82) is 0 Å². The van der Waals surface area contributed by atoms with Crippen molar-refractivity contribution in [2.45, 2.75) is 58.3 Å². The fraction of sp³-hybridized carbons (Fsp3) is 0.440. The summed E-state index contributed by atoms with van der Waals surface area (Å²) < 4.78 is 10.9. The van der Waals surface area contributed by atoms with Crippen LogP contribution < -0.4 is 10.1 Å². The number of esters is 1. The molecule has 0 spiro atoms. The summed E-state index contributed by atoms with van der Waals surface area (Å²) in [4.78, 5) is 23.8. The Bertz CT molecular complexity index is 744. The molecule has 1 amide bonds. The SMILES string of the molecule is CCCCCCOc1ccc(NC(=O)CCC(=O)OCCCc2ccccc2)cc1. The molecule has 0 saturated heterocycles. The molecular weight excluding hydrogens is 378 g/mol. The van der Waals surface area contributed by atoms with Crippen molar-refractivity contribution >= 4 is 17.6 Å². The number of hydrogen-bond donors (Lipinski definition) is 1. The van der Waals surface area contributed by atoms with Crippen molar-refractivity contribution in [2.24, 2.45) is 0 Å². The van der Waals surface area contributed by atoms with Crippen LogP contribution in [-0.2, 0) is 20.7 Å². The first-order valence-electron chi connectivity index (χ1n) is 10.9. The van der Waals surface area contributed by atoms with Crippen LogP contribution in [0, 0.1) is 0 Å². The molecule has 0 heterocycles. The minimum atomic E-state index is -0.343. The lowest BCUT2D eigenvalue weighted by Gasteiger charge is -2.09. The first-order chi connectivity index (χ1) is 14.7. The molecule has 0 saturated carbocycles. The number of rotatable bonds is 14. The summed E-state index contributed by atoms with van der Waals surface area (Å²) in [5, 5.41) is 2.79. The summed E-state index contributed by atoms with van der Waals surface area (Å²) in [7, 11) is 0. The van der Waals surface area contributed by atoms with Gasteiger partial charge >= 0.3 is 5.97 Å². The predicted octanol–water partition coefficient (Wildman–Crippen LogP) is 5.54. The quantitative estimate of drug-likeness (QED) is 0.327. The Kier molecular flexibility index (Phi) is 11.1. The van der Waals surface area contributed by atoms with E-state index in [4.69, 9.17) is 9.47 Å². The number of ether oxygens (including phenoxy) is 2. The van der Waals surface area contributed by atoms with Gasteiger partial charge in [0, 0.05) is 12.1 Å². The summed E-state index contributed by atoms with van der Waals surface area (Å²) in [6, 6.07) is 17.4. The zero-order chi connectivity index (χ0) is 21.4. The van der Waals surface area contributed by atoms with Crippen LogP contribution in [0.5, 0.6) is 5.75 Å². The van der Waals surface area contributed by atoms with Crippen LogP contribution in [0.1, 0.15) is 57.4 Å². The molecule has 1 N–H and O–H groups in total. The molecule has 0 unspecified atom stereocenters. The van der Waals surface area contributed by atoms with Gasteiger partial charge in [-0.3, -0.25) is 9.59 Å². The smallest absolute Gasteiger partial charge is 0.306 e. The number of anilines is 1. The van der Waals surface area contributed by atoms with E-state index in [0.29, 0.717) is 18.9 Å². The lowest BCUT2D eigenvalue weighted by atomic mass is 10.1. The van der Waals surface area contributed by atoms with Gasteiger partial charge in [-0.2, -0.15) is 0 Å². The highest BCUT2D eigenvalue weighted by Gasteiger charge is 2.08. The van der Waals surface area contributed by atoms with Crippen LogP contribution >= 0.6 is 0 Å². The topological polar surface area (TPSA) is 64.6 Å². The van der Waals surface area contributed by atoms with Crippen LogP contribution in [0.25, 0.3) is 0 Å². The Morgan fingerprint density at radius 1 is 0.833 bits per heavy atom. The Labute approximate surface area is 179 Å². The maximum atomic E-state index is 12.0. The maximum absolute atomic E-state index is 12.0. The third-order valence-electron chi connectivity index (χ3n) is 4.68. The molecule has 0 radical (unpaired) electrons. The summed E-state index contributed by atoms with van der Waals surface area (Å²) in [5.74, 6) is 0.248. The molecule has 0 bridgehead atoms. The number of carbonyl (C=O) groups is 2. The molecule has 30 heavy (non-hydrogen) atoms. The highest BCUT2D eigenvalue weighted by Crippen LogP contribution is 2.16. The Morgan fingerprint density at radius 3 is 2.33 bits per heavy atom. The minimum absolute atomic E-state index is 0.0795. The molecule has 2 aromatic carbocycles. The van der Waals surface area contributed by atoms with Gasteiger partial charge in [0.25, 0.3) is 0 Å². The van der Waals surface area contributed by atoms with E-state index in [1.165, 1.54) is 24.8 Å². The van der Waals surface area contributed by atoms with Gasteiger partial charge in [0.15, 0.2) is 0 Å². The molecule has 5 heteroatoms. The van der Waals surface area contributed by atoms with Gasteiger partial charge in [0.05, 0.1) is 19.6 Å². The number of carbonyl (C=O) groups excluding carboxylic acids is 2. The summed E-state index contributed by atoms with van der Waals surface area (Å²) in [5.41, 5.74) is 1.91. The number of nitrogens with one attached hydrogen (secondary N) is 1. The molecular formula is C25H33NO4. The third-order valence-corrected chi connectivity index (χ3v) is 4.68. The van der Waals surface area contributed by atoms with E-state index >= 15 is 0 Å². The fourth-order valence-corrected chi connectivity index (χ4v) is 2.97. The van der Waals surface area contributed by atoms with Gasteiger partial charge in [0.2, 0.25) is 5.91 Å². The van der Waals surface area contributed by atoms with Gasteiger partial charge in [-0.25, -0.2) is 0 Å². The first-order valence-corrected chi connectivity index (χ1v) is 10.9. The highest BCUT2D eigenvalue weighted by molar-refractivity contribution is 5.92. The summed E-state index contributed by atoms with van der Waals surface area (Å²) >= 11 is 0. The molecule has 162 valence electrons. The molecule has 0 fully saturated rings. The number of benzene rings is 2. The van der Waals surface area contributed by atoms with E-state index in [1.807, 2.05) is 30.3 Å². The van der Waals surface area contributed by atoms with E-state index in [2.05, 4.69) is 24.4 Å². The molecule has 2 aromatic rings. The Morgan fingerprint density at radius 2 is 1.60 bits per heavy atom. The van der Waals surface area contributed by atoms with E-state index in [1.54, 1.807) is 12.1 Å². The molecule has 2 rings (SSSR count). The predicted molar refractivity (Wildman–Crippen MR) is 120 cm³/mol. The van der Waals surface area contributed by atoms with Crippen molar-refractivity contribution in [3.8, 4) is 5.75 Å². The zero-order valence-corrected chi connectivity index (χ0v) is 17.9. The lowest BCUT2D eigenvalue weighted by Crippen LogP contribution is -2.15. The minimum Gasteiger partial charge on any atom is -0.494 e. The second-order valence-corrected chi connectivity index (χ2v) is 7.29. The van der Waals surface area contributed by atoms with Crippen LogP contribution in [0.3, 0.4) is 0 Å². The van der Waals surface area contributed by atoms with Gasteiger partial charge in [-0.05, 0) is 49.1 Å². The van der Waals surface area contributed by atoms with Gasteiger partial charge in [0.1, 0.15) is 5.75 Å². The second kappa shape index (κ2) is 14.2. The van der Waals surface area contributed by atoms with Crippen molar-refractivity contribution in [2.75, 3.05) is 18.5 Å². The summed E-state index contributed by atoms with van der Waals surface area (Å²) in [6.07, 6.45) is 6.50. The van der Waals surface area contributed by atoms with Gasteiger partial charge < -0.3 is 14.8 Å². The molecule has 5 nitrogen and oxygen atoms in total. The van der Waals surface area contributed by atoms with Crippen molar-refractivity contribution in [3.63, 3.8) is 0 Å². The number of unbranched alkanes of at least 4 members (excludes halogenated alkanes) is 3. The number of aryl methyl sites for hydroxylation is 1. The molecule has 0 aliphatic carbocycles. The average molecular weight is 412 g/mol. The van der Waals surface area contributed by atoms with Crippen LogP contribution in [0.4, 0.5) is 5.69 Å². The van der Waals surface area contributed by atoms with E-state index in [-0.39, 0.29) is 24.7 Å². The van der Waals surface area contributed by atoms with Crippen molar-refractivity contribution in [3.05, 3.63) is 60.2 Å². The second-order valence-electron chi connectivity index (χ2n) is 7.29. The standard InChI is InChI=1S/C25H33NO4/c1-2-3-4-8-19-29-23-15-13-22(14-16-23)26-24(27)17-18-25(28)30-20-9-12-21-10-6-5-7-11-21/h5-7,10-11,13-16H,2-4,8-9,12,17-20H2,1H3,(H,26,27). The molecule has 0 atom stereocenters. The third kappa shape index (κ3) is 10.1. The van der Waals surface area contributed by atoms with Crippen molar-refractivity contribution < 1.29 is 19.1 Å². The molecule has 0 aromatic heterocycles. The largest absolute Gasteiger partial charge is 0.494 e. The van der Waals surface area contributed by atoms with Crippen molar-refractivity contribution in [1.82, 2.24) is 0 Å². The van der Waals surface area contributed by atoms with Crippen LogP contribution in [0.15, 0.2) is 54.6 Å². The van der Waals surface area contributed by atoms with E-state index in [0.717, 1.165) is 25.0 Å². The fourth-order valence-electron chi connectivity index (χ4n) is 2.97. The van der Waals surface area contributed by atoms with E-state index in [9.17, 15) is 9.59 Å². The normalized spacial score (nSPS) is 10.4. The van der Waals surface area contributed by atoms with Gasteiger partial charge in [-0.1, -0.05) is 56.5 Å². The highest BCUT2D eigenvalue weighted by atomic mass is 16.5.